The summed E-state index contributed by atoms with van der Waals surface area (Å²) >= 11 is 0. The van der Waals surface area contributed by atoms with Crippen molar-refractivity contribution < 1.29 is 14.0 Å². The molecule has 2 heterocycles. The summed E-state index contributed by atoms with van der Waals surface area (Å²) in [5.41, 5.74) is 12.9. The minimum Gasteiger partial charge on any atom is -0.369 e. The molecule has 10 nitrogen and oxygen atoms in total. The molecule has 1 aromatic heterocycles. The number of anilines is 4. The highest BCUT2D eigenvalue weighted by Gasteiger charge is 2.47. The van der Waals surface area contributed by atoms with Crippen LogP contribution in [-0.4, -0.2) is 54.0 Å². The van der Waals surface area contributed by atoms with Gasteiger partial charge in [0.25, 0.3) is 5.91 Å². The monoisotopic (exact) mass is 466 g/mol. The van der Waals surface area contributed by atoms with E-state index in [0.29, 0.717) is 11.3 Å². The first-order valence-electron chi connectivity index (χ1n) is 11.3. The zero-order valence-electron chi connectivity index (χ0n) is 18.5. The smallest absolute Gasteiger partial charge is 0.250 e. The number of fused-ring (bicyclic) bond motifs is 2. The number of nitrogens with zero attached hydrogens (tertiary/aromatic N) is 3. The van der Waals surface area contributed by atoms with E-state index >= 15 is 0 Å². The number of carbonyl (C=O) groups excluding carboxylic acids is 2. The molecule has 1 saturated heterocycles. The molecule has 11 heteroatoms. The Labute approximate surface area is 196 Å². The Hall–Kier alpha value is -3.73. The number of amides is 2. The highest BCUT2D eigenvalue weighted by molar-refractivity contribution is 6.00. The third-order valence-corrected chi connectivity index (χ3v) is 6.81. The molecular weight excluding hydrogens is 439 g/mol. The van der Waals surface area contributed by atoms with Crippen molar-refractivity contribution in [3.63, 3.8) is 0 Å². The van der Waals surface area contributed by atoms with Crippen LogP contribution in [0.1, 0.15) is 16.8 Å². The van der Waals surface area contributed by atoms with Gasteiger partial charge in [-0.15, -0.1) is 0 Å². The summed E-state index contributed by atoms with van der Waals surface area (Å²) in [5.74, 6) is -1.73. The Bertz CT molecular complexity index is 1150. The number of carbonyl (C=O) groups is 2. The summed E-state index contributed by atoms with van der Waals surface area (Å²) < 4.78 is 14.5. The summed E-state index contributed by atoms with van der Waals surface area (Å²) in [4.78, 5) is 34.5. The molecule has 0 radical (unpaired) electrons. The number of nitrogens with one attached hydrogen (secondary N) is 3. The van der Waals surface area contributed by atoms with E-state index in [4.69, 9.17) is 11.5 Å². The molecule has 2 bridgehead atoms. The number of benzene rings is 1. The molecule has 4 unspecified atom stereocenters. The number of hydrogen-bond donors (Lipinski definition) is 5. The van der Waals surface area contributed by atoms with E-state index in [9.17, 15) is 14.0 Å². The molecule has 0 spiro atoms. The van der Waals surface area contributed by atoms with Gasteiger partial charge in [-0.05, 0) is 36.5 Å². The fourth-order valence-corrected chi connectivity index (χ4v) is 5.22. The van der Waals surface area contributed by atoms with E-state index in [2.05, 4.69) is 30.8 Å². The van der Waals surface area contributed by atoms with Crippen molar-refractivity contribution in [3.8, 4) is 0 Å². The van der Waals surface area contributed by atoms with Crippen molar-refractivity contribution in [1.82, 2.24) is 15.3 Å². The van der Waals surface area contributed by atoms with Crippen molar-refractivity contribution in [2.45, 2.75) is 12.5 Å². The molecule has 1 aromatic carbocycles. The van der Waals surface area contributed by atoms with Gasteiger partial charge in [0.1, 0.15) is 0 Å². The summed E-state index contributed by atoms with van der Waals surface area (Å²) in [6.45, 7) is 3.19. The zero-order chi connectivity index (χ0) is 23.8. The lowest BCUT2D eigenvalue weighted by molar-refractivity contribution is -0.122. The summed E-state index contributed by atoms with van der Waals surface area (Å²) in [6, 6.07) is 4.94. The average molecular weight is 467 g/mol. The van der Waals surface area contributed by atoms with E-state index in [-0.39, 0.29) is 29.6 Å². The third kappa shape index (κ3) is 4.14. The topological polar surface area (TPSA) is 151 Å². The van der Waals surface area contributed by atoms with E-state index < -0.39 is 23.5 Å². The molecule has 2 aromatic rings. The number of allylic oxidation sites excluding steroid dienone is 1. The largest absolute Gasteiger partial charge is 0.369 e. The van der Waals surface area contributed by atoms with Gasteiger partial charge in [-0.2, -0.15) is 4.98 Å². The van der Waals surface area contributed by atoms with Crippen molar-refractivity contribution in [3.05, 3.63) is 47.9 Å². The van der Waals surface area contributed by atoms with Crippen molar-refractivity contribution >= 4 is 35.0 Å². The van der Waals surface area contributed by atoms with Gasteiger partial charge in [-0.1, -0.05) is 12.2 Å². The molecule has 2 amide bonds. The molecule has 34 heavy (non-hydrogen) atoms. The quantitative estimate of drug-likeness (QED) is 0.379. The van der Waals surface area contributed by atoms with Crippen molar-refractivity contribution in [2.75, 3.05) is 41.7 Å². The Kier molecular flexibility index (Phi) is 5.78. The third-order valence-electron chi connectivity index (χ3n) is 6.81. The fraction of sp³-hybridized carbons (Fsp3) is 0.391. The predicted molar refractivity (Wildman–Crippen MR) is 126 cm³/mol. The Morgan fingerprint density at radius 3 is 2.65 bits per heavy atom. The number of aromatic nitrogens is 2. The Balaban J connectivity index is 1.37. The lowest BCUT2D eigenvalue weighted by atomic mass is 9.88. The molecular formula is C23H27FN8O2. The summed E-state index contributed by atoms with van der Waals surface area (Å²) in [7, 11) is 0. The van der Waals surface area contributed by atoms with Gasteiger partial charge < -0.3 is 32.3 Å². The van der Waals surface area contributed by atoms with Crippen molar-refractivity contribution in [1.29, 1.82) is 0 Å². The van der Waals surface area contributed by atoms with Crippen LogP contribution < -0.4 is 32.3 Å². The number of primary amides is 2. The SMILES string of the molecule is NC(=O)c1cc(Nc2ncc(F)c(NC3C4C=CC(C4)C3C(N)=O)n2)ccc1N1CCNCC1. The molecule has 1 saturated carbocycles. The van der Waals surface area contributed by atoms with Crippen molar-refractivity contribution in [2.24, 2.45) is 29.2 Å². The normalized spacial score (nSPS) is 25.4. The summed E-state index contributed by atoms with van der Waals surface area (Å²) in [5, 5.41) is 9.37. The highest BCUT2D eigenvalue weighted by atomic mass is 19.1. The van der Waals surface area contributed by atoms with Gasteiger partial charge in [0.2, 0.25) is 11.9 Å². The predicted octanol–water partition coefficient (Wildman–Crippen LogP) is 0.956. The number of halogens is 1. The minimum absolute atomic E-state index is 0.0118. The lowest BCUT2D eigenvalue weighted by Crippen LogP contribution is -2.44. The molecule has 1 aliphatic heterocycles. The number of nitrogens with two attached hydrogens (primary N) is 2. The number of piperazine rings is 1. The van der Waals surface area contributed by atoms with Crippen LogP contribution in [-0.2, 0) is 4.79 Å². The summed E-state index contributed by atoms with van der Waals surface area (Å²) in [6.07, 6.45) is 5.90. The molecule has 5 rings (SSSR count). The Morgan fingerprint density at radius 1 is 1.15 bits per heavy atom. The van der Waals surface area contributed by atoms with Crippen LogP contribution in [0.3, 0.4) is 0 Å². The maximum atomic E-state index is 14.5. The first kappa shape index (κ1) is 22.1. The van der Waals surface area contributed by atoms with Crippen LogP contribution >= 0.6 is 0 Å². The van der Waals surface area contributed by atoms with E-state index in [1.54, 1.807) is 12.1 Å². The fourth-order valence-electron chi connectivity index (χ4n) is 5.22. The minimum atomic E-state index is -0.632. The molecule has 4 atom stereocenters. The van der Waals surface area contributed by atoms with Crippen LogP contribution in [0.15, 0.2) is 36.5 Å². The van der Waals surface area contributed by atoms with Gasteiger partial charge in [0.05, 0.1) is 17.7 Å². The van der Waals surface area contributed by atoms with Crippen LogP contribution in [0.4, 0.5) is 27.5 Å². The van der Waals surface area contributed by atoms with E-state index in [0.717, 1.165) is 44.5 Å². The standard InChI is InChI=1S/C23H27FN8O2/c24-16-11-28-23(31-22(16)30-19-13-2-1-12(9-13)18(19)21(26)34)29-14-3-4-17(15(10-14)20(25)33)32-7-5-27-6-8-32/h1-4,10-13,18-19,27H,5-9H2,(H2,25,33)(H2,26,34)(H2,28,29,30,31). The molecule has 178 valence electrons. The number of hydrogen-bond acceptors (Lipinski definition) is 8. The van der Waals surface area contributed by atoms with Gasteiger partial charge >= 0.3 is 0 Å². The molecule has 2 aliphatic carbocycles. The average Bonchev–Trinajstić information content (AvgIpc) is 3.43. The first-order chi connectivity index (χ1) is 16.4. The maximum Gasteiger partial charge on any atom is 0.250 e. The second-order valence-electron chi connectivity index (χ2n) is 8.89. The van der Waals surface area contributed by atoms with Gasteiger partial charge in [0.15, 0.2) is 11.6 Å². The highest BCUT2D eigenvalue weighted by Crippen LogP contribution is 2.45. The van der Waals surface area contributed by atoms with Crippen LogP contribution in [0.5, 0.6) is 0 Å². The zero-order valence-corrected chi connectivity index (χ0v) is 18.5. The van der Waals surface area contributed by atoms with Crippen LogP contribution in [0.2, 0.25) is 0 Å². The number of rotatable bonds is 7. The van der Waals surface area contributed by atoms with Crippen LogP contribution in [0, 0.1) is 23.6 Å². The molecule has 2 fully saturated rings. The van der Waals surface area contributed by atoms with Gasteiger partial charge in [-0.25, -0.2) is 9.37 Å². The van der Waals surface area contributed by atoms with Gasteiger partial charge in [0, 0.05) is 43.6 Å². The first-order valence-corrected chi connectivity index (χ1v) is 11.3. The second kappa shape index (κ2) is 8.90. The van der Waals surface area contributed by atoms with Crippen LogP contribution in [0.25, 0.3) is 0 Å². The van der Waals surface area contributed by atoms with E-state index in [1.165, 1.54) is 0 Å². The lowest BCUT2D eigenvalue weighted by Gasteiger charge is -2.30. The Morgan fingerprint density at radius 2 is 1.91 bits per heavy atom. The van der Waals surface area contributed by atoms with E-state index in [1.807, 2.05) is 18.2 Å². The molecule has 7 N–H and O–H groups in total. The van der Waals surface area contributed by atoms with Gasteiger partial charge in [-0.3, -0.25) is 9.59 Å². The molecule has 3 aliphatic rings. The maximum absolute atomic E-state index is 14.5. The second-order valence-corrected chi connectivity index (χ2v) is 8.89.